The van der Waals surface area contributed by atoms with Crippen molar-refractivity contribution in [2.45, 2.75) is 51.4 Å². The van der Waals surface area contributed by atoms with Gasteiger partial charge in [-0.25, -0.2) is 0 Å². The van der Waals surface area contributed by atoms with Crippen LogP contribution in [0.4, 0.5) is 5.69 Å². The molecule has 1 heterocycles. The molecule has 2 atom stereocenters. The largest absolute Gasteiger partial charge is 0.382 e. The number of rotatable bonds is 4. The second kappa shape index (κ2) is 6.94. The molecule has 1 saturated heterocycles. The van der Waals surface area contributed by atoms with Crippen LogP contribution in [0.2, 0.25) is 0 Å². The van der Waals surface area contributed by atoms with Gasteiger partial charge in [-0.05, 0) is 44.4 Å². The van der Waals surface area contributed by atoms with Gasteiger partial charge >= 0.3 is 0 Å². The standard InChI is InChI=1S/C17H26N2O2/c1-12-9-16(10-13(2)21-12)18-15-7-5-14(6-8-15)11-17(20)19(3)4/h5-8,12-13,16,18H,9-11H2,1-4H3. The van der Waals surface area contributed by atoms with Crippen molar-refractivity contribution in [3.63, 3.8) is 0 Å². The molecule has 2 rings (SSSR count). The summed E-state index contributed by atoms with van der Waals surface area (Å²) in [4.78, 5) is 13.3. The lowest BCUT2D eigenvalue weighted by atomic mass is 9.99. The molecule has 0 bridgehead atoms. The smallest absolute Gasteiger partial charge is 0.226 e. The summed E-state index contributed by atoms with van der Waals surface area (Å²) in [6, 6.07) is 8.62. The van der Waals surface area contributed by atoms with E-state index in [1.54, 1.807) is 19.0 Å². The molecule has 4 heteroatoms. The number of carbonyl (C=O) groups is 1. The van der Waals surface area contributed by atoms with Gasteiger partial charge in [-0.15, -0.1) is 0 Å². The van der Waals surface area contributed by atoms with Gasteiger partial charge < -0.3 is 15.0 Å². The topological polar surface area (TPSA) is 41.6 Å². The van der Waals surface area contributed by atoms with Gasteiger partial charge in [0.1, 0.15) is 0 Å². The predicted octanol–water partition coefficient (Wildman–Crippen LogP) is 2.69. The fourth-order valence-electron chi connectivity index (χ4n) is 2.81. The number of hydrogen-bond acceptors (Lipinski definition) is 3. The highest BCUT2D eigenvalue weighted by molar-refractivity contribution is 5.78. The quantitative estimate of drug-likeness (QED) is 0.927. The molecule has 0 aromatic heterocycles. The molecule has 1 amide bonds. The third-order valence-electron chi connectivity index (χ3n) is 3.88. The van der Waals surface area contributed by atoms with Crippen molar-refractivity contribution in [2.24, 2.45) is 0 Å². The molecule has 1 N–H and O–H groups in total. The molecule has 1 aromatic carbocycles. The molecule has 1 aromatic rings. The normalized spacial score (nSPS) is 25.4. The van der Waals surface area contributed by atoms with Crippen molar-refractivity contribution >= 4 is 11.6 Å². The lowest BCUT2D eigenvalue weighted by Crippen LogP contribution is -2.36. The van der Waals surface area contributed by atoms with E-state index in [1.807, 2.05) is 12.1 Å². The molecule has 1 fully saturated rings. The number of amides is 1. The van der Waals surface area contributed by atoms with E-state index in [4.69, 9.17) is 4.74 Å². The number of anilines is 1. The Labute approximate surface area is 127 Å². The number of nitrogens with zero attached hydrogens (tertiary/aromatic N) is 1. The summed E-state index contributed by atoms with van der Waals surface area (Å²) in [7, 11) is 3.57. The van der Waals surface area contributed by atoms with Crippen LogP contribution in [0.3, 0.4) is 0 Å². The van der Waals surface area contributed by atoms with Crippen LogP contribution in [-0.4, -0.2) is 43.2 Å². The van der Waals surface area contributed by atoms with Gasteiger partial charge in [0.15, 0.2) is 0 Å². The van der Waals surface area contributed by atoms with Gasteiger partial charge in [0.2, 0.25) is 5.91 Å². The average Bonchev–Trinajstić information content (AvgIpc) is 2.39. The van der Waals surface area contributed by atoms with Crippen molar-refractivity contribution < 1.29 is 9.53 Å². The van der Waals surface area contributed by atoms with Crippen LogP contribution in [0.1, 0.15) is 32.3 Å². The van der Waals surface area contributed by atoms with Crippen molar-refractivity contribution in [2.75, 3.05) is 19.4 Å². The van der Waals surface area contributed by atoms with E-state index in [2.05, 4.69) is 31.3 Å². The Morgan fingerprint density at radius 2 is 1.76 bits per heavy atom. The Morgan fingerprint density at radius 1 is 1.19 bits per heavy atom. The molecule has 1 aliphatic rings. The van der Waals surface area contributed by atoms with Crippen molar-refractivity contribution in [1.82, 2.24) is 4.90 Å². The molecule has 4 nitrogen and oxygen atoms in total. The van der Waals surface area contributed by atoms with E-state index in [9.17, 15) is 4.79 Å². The minimum absolute atomic E-state index is 0.128. The zero-order valence-electron chi connectivity index (χ0n) is 13.4. The summed E-state index contributed by atoms with van der Waals surface area (Å²) in [6.07, 6.45) is 3.14. The number of nitrogens with one attached hydrogen (secondary N) is 1. The van der Waals surface area contributed by atoms with Gasteiger partial charge in [-0.2, -0.15) is 0 Å². The lowest BCUT2D eigenvalue weighted by Gasteiger charge is -2.33. The molecule has 0 spiro atoms. The Hall–Kier alpha value is -1.55. The summed E-state index contributed by atoms with van der Waals surface area (Å²) in [5, 5.41) is 3.57. The Bertz CT molecular complexity index is 460. The van der Waals surface area contributed by atoms with E-state index < -0.39 is 0 Å². The zero-order chi connectivity index (χ0) is 15.4. The highest BCUT2D eigenvalue weighted by atomic mass is 16.5. The number of ether oxygens (including phenoxy) is 1. The van der Waals surface area contributed by atoms with Crippen LogP contribution in [0.25, 0.3) is 0 Å². The first kappa shape index (κ1) is 15.8. The van der Waals surface area contributed by atoms with E-state index in [0.717, 1.165) is 24.1 Å². The molecule has 0 aliphatic carbocycles. The zero-order valence-corrected chi connectivity index (χ0v) is 13.4. The Morgan fingerprint density at radius 3 is 2.29 bits per heavy atom. The van der Waals surface area contributed by atoms with Crippen molar-refractivity contribution in [3.05, 3.63) is 29.8 Å². The van der Waals surface area contributed by atoms with E-state index >= 15 is 0 Å². The second-order valence-electron chi connectivity index (χ2n) is 6.23. The van der Waals surface area contributed by atoms with Crippen molar-refractivity contribution in [3.8, 4) is 0 Å². The fourth-order valence-corrected chi connectivity index (χ4v) is 2.81. The van der Waals surface area contributed by atoms with Crippen LogP contribution < -0.4 is 5.32 Å². The van der Waals surface area contributed by atoms with Gasteiger partial charge in [-0.1, -0.05) is 12.1 Å². The maximum Gasteiger partial charge on any atom is 0.226 e. The molecule has 116 valence electrons. The monoisotopic (exact) mass is 290 g/mol. The van der Waals surface area contributed by atoms with Gasteiger partial charge in [0.05, 0.1) is 18.6 Å². The first-order valence-corrected chi connectivity index (χ1v) is 7.65. The first-order chi connectivity index (χ1) is 9.94. The minimum Gasteiger partial charge on any atom is -0.382 e. The SMILES string of the molecule is CC1CC(Nc2ccc(CC(=O)N(C)C)cc2)CC(C)O1. The number of hydrogen-bond donors (Lipinski definition) is 1. The van der Waals surface area contributed by atoms with E-state index in [0.29, 0.717) is 24.7 Å². The molecule has 0 saturated carbocycles. The molecule has 2 unspecified atom stereocenters. The van der Waals surface area contributed by atoms with Gasteiger partial charge in [0, 0.05) is 25.8 Å². The number of benzene rings is 1. The maximum absolute atomic E-state index is 11.7. The van der Waals surface area contributed by atoms with E-state index in [-0.39, 0.29) is 5.91 Å². The third kappa shape index (κ3) is 4.74. The highest BCUT2D eigenvalue weighted by Gasteiger charge is 2.24. The van der Waals surface area contributed by atoms with Crippen LogP contribution in [0, 0.1) is 0 Å². The second-order valence-corrected chi connectivity index (χ2v) is 6.23. The lowest BCUT2D eigenvalue weighted by molar-refractivity contribution is -0.127. The fraction of sp³-hybridized carbons (Fsp3) is 0.588. The molecule has 21 heavy (non-hydrogen) atoms. The molecular formula is C17H26N2O2. The van der Waals surface area contributed by atoms with Gasteiger partial charge in [-0.3, -0.25) is 4.79 Å². The minimum atomic E-state index is 0.128. The molecular weight excluding hydrogens is 264 g/mol. The Balaban J connectivity index is 1.91. The summed E-state index contributed by atoms with van der Waals surface area (Å²) >= 11 is 0. The summed E-state index contributed by atoms with van der Waals surface area (Å²) < 4.78 is 5.76. The van der Waals surface area contributed by atoms with Crippen LogP contribution in [0.5, 0.6) is 0 Å². The predicted molar refractivity (Wildman–Crippen MR) is 85.5 cm³/mol. The Kier molecular flexibility index (Phi) is 5.23. The molecule has 1 aliphatic heterocycles. The first-order valence-electron chi connectivity index (χ1n) is 7.65. The summed E-state index contributed by atoms with van der Waals surface area (Å²) in [5.74, 6) is 0.128. The van der Waals surface area contributed by atoms with Crippen LogP contribution >= 0.6 is 0 Å². The van der Waals surface area contributed by atoms with Crippen LogP contribution in [0.15, 0.2) is 24.3 Å². The van der Waals surface area contributed by atoms with Crippen LogP contribution in [-0.2, 0) is 16.0 Å². The number of likely N-dealkylation sites (N-methyl/N-ethyl adjacent to an activating group) is 1. The van der Waals surface area contributed by atoms with Gasteiger partial charge in [0.25, 0.3) is 0 Å². The summed E-state index contributed by atoms with van der Waals surface area (Å²) in [6.45, 7) is 4.25. The maximum atomic E-state index is 11.7. The highest BCUT2D eigenvalue weighted by Crippen LogP contribution is 2.22. The third-order valence-corrected chi connectivity index (χ3v) is 3.88. The van der Waals surface area contributed by atoms with Crippen molar-refractivity contribution in [1.29, 1.82) is 0 Å². The average molecular weight is 290 g/mol. The number of carbonyl (C=O) groups excluding carboxylic acids is 1. The summed E-state index contributed by atoms with van der Waals surface area (Å²) in [5.41, 5.74) is 2.16. The molecule has 0 radical (unpaired) electrons. The van der Waals surface area contributed by atoms with E-state index in [1.165, 1.54) is 0 Å².